The zero-order chi connectivity index (χ0) is 14.1. The van der Waals surface area contributed by atoms with Crippen molar-refractivity contribution in [1.29, 1.82) is 0 Å². The molecule has 1 amide bonds. The number of phenols is 2. The van der Waals surface area contributed by atoms with Gasteiger partial charge in [0.1, 0.15) is 11.5 Å². The second-order valence-electron chi connectivity index (χ2n) is 5.62. The Kier molecular flexibility index (Phi) is 3.34. The summed E-state index contributed by atoms with van der Waals surface area (Å²) in [6.07, 6.45) is 6.17. The molecule has 5 heteroatoms. The number of hydrogen-bond donors (Lipinski definition) is 3. The summed E-state index contributed by atoms with van der Waals surface area (Å²) in [4.78, 5) is 12.0. The van der Waals surface area contributed by atoms with E-state index in [-0.39, 0.29) is 23.3 Å². The first kappa shape index (κ1) is 13.0. The normalized spacial score (nSPS) is 28.1. The Morgan fingerprint density at radius 2 is 1.95 bits per heavy atom. The van der Waals surface area contributed by atoms with Gasteiger partial charge in [-0.3, -0.25) is 4.79 Å². The number of aromatic hydroxyl groups is 2. The summed E-state index contributed by atoms with van der Waals surface area (Å²) in [5.41, 5.74) is 3.00. The lowest BCUT2D eigenvalue weighted by atomic mass is 10.0. The van der Waals surface area contributed by atoms with Crippen molar-refractivity contribution in [1.82, 2.24) is 5.43 Å². The summed E-state index contributed by atoms with van der Waals surface area (Å²) >= 11 is 0. The number of phenolic OH excluding ortho intramolecular Hbond substituents is 2. The first-order valence-electron chi connectivity index (χ1n) is 7.02. The van der Waals surface area contributed by atoms with Crippen molar-refractivity contribution < 1.29 is 15.0 Å². The maximum Gasteiger partial charge on any atom is 0.243 e. The van der Waals surface area contributed by atoms with Crippen LogP contribution >= 0.6 is 0 Å². The number of nitrogens with one attached hydrogen (secondary N) is 1. The van der Waals surface area contributed by atoms with Crippen LogP contribution < -0.4 is 5.43 Å². The van der Waals surface area contributed by atoms with E-state index in [4.69, 9.17) is 0 Å². The van der Waals surface area contributed by atoms with E-state index in [2.05, 4.69) is 10.5 Å². The van der Waals surface area contributed by atoms with Crippen LogP contribution in [0.15, 0.2) is 23.3 Å². The number of hydrazone groups is 1. The molecule has 1 aromatic rings. The molecule has 0 aromatic heterocycles. The van der Waals surface area contributed by atoms with Crippen molar-refractivity contribution in [2.45, 2.75) is 25.7 Å². The average molecular weight is 274 g/mol. The lowest BCUT2D eigenvalue weighted by Crippen LogP contribution is -2.20. The molecule has 20 heavy (non-hydrogen) atoms. The van der Waals surface area contributed by atoms with Gasteiger partial charge in [-0.15, -0.1) is 0 Å². The van der Waals surface area contributed by atoms with Crippen LogP contribution in [-0.2, 0) is 4.79 Å². The largest absolute Gasteiger partial charge is 0.508 e. The summed E-state index contributed by atoms with van der Waals surface area (Å²) in [5.74, 6) is 1.15. The summed E-state index contributed by atoms with van der Waals surface area (Å²) in [6, 6.07) is 4.23. The topological polar surface area (TPSA) is 81.9 Å². The van der Waals surface area contributed by atoms with Gasteiger partial charge < -0.3 is 10.2 Å². The van der Waals surface area contributed by atoms with Gasteiger partial charge in [-0.2, -0.15) is 5.10 Å². The molecule has 1 aromatic carbocycles. The molecule has 0 radical (unpaired) electrons. The minimum Gasteiger partial charge on any atom is -0.508 e. The molecule has 3 rings (SSSR count). The van der Waals surface area contributed by atoms with Crippen LogP contribution in [-0.4, -0.2) is 22.3 Å². The highest BCUT2D eigenvalue weighted by molar-refractivity contribution is 5.87. The lowest BCUT2D eigenvalue weighted by Gasteiger charge is -2.04. The Morgan fingerprint density at radius 1 is 1.25 bits per heavy atom. The Morgan fingerprint density at radius 3 is 2.60 bits per heavy atom. The summed E-state index contributed by atoms with van der Waals surface area (Å²) in [7, 11) is 0. The molecule has 3 N–H and O–H groups in total. The minimum absolute atomic E-state index is 0.00857. The molecular formula is C15H18N2O3. The highest BCUT2D eigenvalue weighted by Gasteiger charge is 2.54. The van der Waals surface area contributed by atoms with E-state index in [9.17, 15) is 15.0 Å². The predicted octanol–water partition coefficient (Wildman–Crippen LogP) is 1.98. The number of benzene rings is 1. The number of fused-ring (bicyclic) bond motifs is 1. The third-order valence-corrected chi connectivity index (χ3v) is 4.35. The van der Waals surface area contributed by atoms with Crippen molar-refractivity contribution in [2.75, 3.05) is 0 Å². The highest BCUT2D eigenvalue weighted by atomic mass is 16.3. The Hall–Kier alpha value is -2.04. The maximum absolute atomic E-state index is 12.0. The average Bonchev–Trinajstić information content (AvgIpc) is 3.15. The van der Waals surface area contributed by atoms with Gasteiger partial charge in [0.15, 0.2) is 0 Å². The molecule has 0 bridgehead atoms. The monoisotopic (exact) mass is 274 g/mol. The number of nitrogens with zero attached hydrogens (tertiary/aromatic N) is 1. The molecule has 2 aliphatic carbocycles. The second kappa shape index (κ2) is 5.15. The Balaban J connectivity index is 1.56. The molecule has 5 nitrogen and oxygen atoms in total. The van der Waals surface area contributed by atoms with Gasteiger partial charge in [0.05, 0.1) is 6.21 Å². The second-order valence-corrected chi connectivity index (χ2v) is 5.62. The van der Waals surface area contributed by atoms with Crippen LogP contribution in [0.25, 0.3) is 0 Å². The molecule has 2 fully saturated rings. The molecule has 0 heterocycles. The summed E-state index contributed by atoms with van der Waals surface area (Å²) in [6.45, 7) is 0. The molecule has 2 aliphatic rings. The fourth-order valence-corrected chi connectivity index (χ4v) is 3.26. The molecule has 0 spiro atoms. The number of carbonyl (C=O) groups is 1. The molecule has 0 aliphatic heterocycles. The van der Waals surface area contributed by atoms with Crippen LogP contribution in [0.3, 0.4) is 0 Å². The molecule has 2 saturated carbocycles. The lowest BCUT2D eigenvalue weighted by molar-refractivity contribution is -0.122. The maximum atomic E-state index is 12.0. The zero-order valence-electron chi connectivity index (χ0n) is 11.1. The molecule has 0 saturated heterocycles. The van der Waals surface area contributed by atoms with Crippen molar-refractivity contribution in [3.63, 3.8) is 0 Å². The van der Waals surface area contributed by atoms with Gasteiger partial charge in [0.2, 0.25) is 5.91 Å². The zero-order valence-corrected chi connectivity index (χ0v) is 11.1. The van der Waals surface area contributed by atoms with E-state index >= 15 is 0 Å². The van der Waals surface area contributed by atoms with Gasteiger partial charge in [0, 0.05) is 17.5 Å². The fourth-order valence-electron chi connectivity index (χ4n) is 3.26. The first-order valence-corrected chi connectivity index (χ1v) is 7.02. The molecular weight excluding hydrogens is 256 g/mol. The van der Waals surface area contributed by atoms with Crippen LogP contribution in [0.4, 0.5) is 0 Å². The standard InChI is InChI=1S/C15H18N2O3/c18-10-6-5-9(13(19)7-10)8-16-17-15(20)14-11-3-1-2-4-12(11)14/h5-8,11-12,14,18-19H,1-4H2,(H,17,20). The van der Waals surface area contributed by atoms with Crippen molar-refractivity contribution >= 4 is 12.1 Å². The summed E-state index contributed by atoms with van der Waals surface area (Å²) in [5, 5.41) is 22.6. The van der Waals surface area contributed by atoms with E-state index in [1.54, 1.807) is 0 Å². The smallest absolute Gasteiger partial charge is 0.243 e. The van der Waals surface area contributed by atoms with Gasteiger partial charge in [-0.1, -0.05) is 12.8 Å². The highest BCUT2D eigenvalue weighted by Crippen LogP contribution is 2.55. The molecule has 2 atom stereocenters. The first-order chi connectivity index (χ1) is 9.66. The van der Waals surface area contributed by atoms with Gasteiger partial charge in [-0.05, 0) is 36.8 Å². The van der Waals surface area contributed by atoms with E-state index in [0.717, 1.165) is 12.8 Å². The summed E-state index contributed by atoms with van der Waals surface area (Å²) < 4.78 is 0. The Bertz CT molecular complexity index is 544. The van der Waals surface area contributed by atoms with Crippen molar-refractivity contribution in [2.24, 2.45) is 22.9 Å². The van der Waals surface area contributed by atoms with Crippen LogP contribution in [0.5, 0.6) is 11.5 Å². The quantitative estimate of drug-likeness (QED) is 0.582. The van der Waals surface area contributed by atoms with E-state index < -0.39 is 0 Å². The number of carbonyl (C=O) groups excluding carboxylic acids is 1. The fraction of sp³-hybridized carbons (Fsp3) is 0.467. The van der Waals surface area contributed by atoms with E-state index in [1.807, 2.05) is 0 Å². The molecule has 2 unspecified atom stereocenters. The minimum atomic E-state index is -0.0666. The van der Waals surface area contributed by atoms with Crippen molar-refractivity contribution in [3.05, 3.63) is 23.8 Å². The number of amides is 1. The SMILES string of the molecule is O=C(NN=Cc1ccc(O)cc1O)C1C2CCCCC21. The van der Waals surface area contributed by atoms with E-state index in [0.29, 0.717) is 17.4 Å². The van der Waals surface area contributed by atoms with Crippen LogP contribution in [0, 0.1) is 17.8 Å². The third-order valence-electron chi connectivity index (χ3n) is 4.35. The van der Waals surface area contributed by atoms with Gasteiger partial charge in [-0.25, -0.2) is 5.43 Å². The predicted molar refractivity (Wildman–Crippen MR) is 74.4 cm³/mol. The Labute approximate surface area is 117 Å². The van der Waals surface area contributed by atoms with Crippen LogP contribution in [0.2, 0.25) is 0 Å². The van der Waals surface area contributed by atoms with Crippen LogP contribution in [0.1, 0.15) is 31.2 Å². The number of rotatable bonds is 3. The van der Waals surface area contributed by atoms with Gasteiger partial charge in [0.25, 0.3) is 0 Å². The number of hydrogen-bond acceptors (Lipinski definition) is 4. The van der Waals surface area contributed by atoms with Crippen molar-refractivity contribution in [3.8, 4) is 11.5 Å². The van der Waals surface area contributed by atoms with Gasteiger partial charge >= 0.3 is 0 Å². The third kappa shape index (κ3) is 2.48. The van der Waals surface area contributed by atoms with E-state index in [1.165, 1.54) is 37.3 Å². The molecule has 106 valence electrons.